The highest BCUT2D eigenvalue weighted by molar-refractivity contribution is 7.95. The molecule has 1 heterocycles. The molecule has 1 aromatic rings. The lowest BCUT2D eigenvalue weighted by molar-refractivity contribution is -0.167. The molecule has 10 heteroatoms. The highest BCUT2D eigenvalue weighted by Crippen LogP contribution is 2.37. The number of rotatable bonds is 14. The first kappa shape index (κ1) is 34.2. The molecule has 40 heavy (non-hydrogen) atoms. The molecule has 0 spiro atoms. The molecule has 8 nitrogen and oxygen atoms in total. The van der Waals surface area contributed by atoms with Crippen LogP contribution < -0.4 is 0 Å². The van der Waals surface area contributed by atoms with Gasteiger partial charge in [-0.25, -0.2) is 4.79 Å². The number of carboxylic acids is 1. The van der Waals surface area contributed by atoms with Gasteiger partial charge >= 0.3 is 11.9 Å². The molecule has 1 aromatic carbocycles. The summed E-state index contributed by atoms with van der Waals surface area (Å²) in [6.07, 6.45) is 10.1. The van der Waals surface area contributed by atoms with Crippen LogP contribution in [0, 0.1) is 17.8 Å². The van der Waals surface area contributed by atoms with E-state index in [2.05, 4.69) is 24.3 Å². The quantitative estimate of drug-likeness (QED) is 0.0825. The number of unbranched alkanes of at least 4 members (excludes halogenated alkanes) is 1. The second-order valence-corrected chi connectivity index (χ2v) is 12.3. The maximum absolute atomic E-state index is 12.7. The third kappa shape index (κ3) is 12.3. The van der Waals surface area contributed by atoms with Gasteiger partial charge in [-0.1, -0.05) is 83.2 Å². The lowest BCUT2D eigenvalue weighted by Crippen LogP contribution is -2.41. The van der Waals surface area contributed by atoms with Gasteiger partial charge in [0.2, 0.25) is 12.2 Å². The topological polar surface area (TPSA) is 110 Å². The fraction of sp³-hybridized carbons (Fsp3) is 0.700. The molecule has 1 N–H and O–H groups in total. The van der Waals surface area contributed by atoms with E-state index in [0.29, 0.717) is 18.9 Å². The van der Waals surface area contributed by atoms with Gasteiger partial charge < -0.3 is 14.7 Å². The molecule has 0 aromatic heterocycles. The number of hydrogen-bond donors (Lipinski definition) is 1. The highest BCUT2D eigenvalue weighted by atomic mass is 32.2. The van der Waals surface area contributed by atoms with Crippen molar-refractivity contribution in [2.75, 3.05) is 18.5 Å². The smallest absolute Gasteiger partial charge is 0.326 e. The van der Waals surface area contributed by atoms with Crippen molar-refractivity contribution in [1.82, 2.24) is 4.90 Å². The summed E-state index contributed by atoms with van der Waals surface area (Å²) in [5.74, 6) is -0.775. The van der Waals surface area contributed by atoms with Crippen LogP contribution in [0.1, 0.15) is 84.1 Å². The van der Waals surface area contributed by atoms with Gasteiger partial charge in [-0.05, 0) is 43.1 Å². The third-order valence-corrected chi connectivity index (χ3v) is 8.68. The molecule has 2 fully saturated rings. The van der Waals surface area contributed by atoms with Crippen molar-refractivity contribution in [2.45, 2.75) is 97.3 Å². The molecule has 1 saturated heterocycles. The Morgan fingerprint density at radius 1 is 1.07 bits per heavy atom. The van der Waals surface area contributed by atoms with Crippen molar-refractivity contribution in [3.8, 4) is 0 Å². The van der Waals surface area contributed by atoms with Gasteiger partial charge in [0.05, 0.1) is 5.75 Å². The van der Waals surface area contributed by atoms with Gasteiger partial charge in [0.15, 0.2) is 8.46 Å². The summed E-state index contributed by atoms with van der Waals surface area (Å²) >= 11 is 0.926. The average molecular weight is 596 g/mol. The minimum Gasteiger partial charge on any atom is -0.480 e. The summed E-state index contributed by atoms with van der Waals surface area (Å²) in [4.78, 5) is 37.3. The Kier molecular flexibility index (Phi) is 16.4. The number of aryl methyl sites for hydroxylation is 1. The van der Waals surface area contributed by atoms with Crippen LogP contribution in [0.2, 0.25) is 0 Å². The standard InChI is InChI=1S/C20H33NO6S.C10H13OP/c1-4-18(23)26-20(13(2)3)27-28-12-17(22)21-11-15(10-16(21)19(24)25)14-8-6-5-7-9-14;11-12-9-5-4-8-10-6-2-1-3-7-10/h13-16,20H,4-12H2,1-3H3,(H,24,25);1-3,6-7H,4-5,8-9H2/t15-,16+,20-;/m1./s1. The highest BCUT2D eigenvalue weighted by Gasteiger charge is 2.42. The maximum atomic E-state index is 12.7. The van der Waals surface area contributed by atoms with Crippen LogP contribution >= 0.6 is 20.5 Å². The number of carboxylic acid groups (broad SMARTS) is 1. The van der Waals surface area contributed by atoms with E-state index in [4.69, 9.17) is 8.92 Å². The minimum absolute atomic E-state index is 0.00800. The minimum atomic E-state index is -0.936. The molecule has 1 aliphatic heterocycles. The van der Waals surface area contributed by atoms with E-state index in [0.717, 1.165) is 50.3 Å². The molecule has 1 saturated carbocycles. The fourth-order valence-corrected chi connectivity index (χ4v) is 6.27. The predicted molar refractivity (Wildman–Crippen MR) is 158 cm³/mol. The number of likely N-dealkylation sites (tertiary alicyclic amines) is 1. The zero-order valence-corrected chi connectivity index (χ0v) is 25.9. The first-order chi connectivity index (χ1) is 19.3. The first-order valence-electron chi connectivity index (χ1n) is 14.6. The van der Waals surface area contributed by atoms with Crippen LogP contribution in [0.25, 0.3) is 0 Å². The van der Waals surface area contributed by atoms with Gasteiger partial charge in [0.25, 0.3) is 0 Å². The number of amides is 1. The summed E-state index contributed by atoms with van der Waals surface area (Å²) in [5.41, 5.74) is 1.38. The van der Waals surface area contributed by atoms with Crippen molar-refractivity contribution >= 4 is 38.3 Å². The number of benzene rings is 1. The molecule has 2 aliphatic rings. The summed E-state index contributed by atoms with van der Waals surface area (Å²) < 4.78 is 20.9. The van der Waals surface area contributed by atoms with Gasteiger partial charge in [-0.3, -0.25) is 18.3 Å². The van der Waals surface area contributed by atoms with Crippen LogP contribution in [-0.4, -0.2) is 58.6 Å². The summed E-state index contributed by atoms with van der Waals surface area (Å²) in [6.45, 7) is 5.95. The van der Waals surface area contributed by atoms with Crippen LogP contribution in [0.15, 0.2) is 30.3 Å². The number of carbonyl (C=O) groups excluding carboxylic acids is 2. The summed E-state index contributed by atoms with van der Waals surface area (Å²) in [6, 6.07) is 9.66. The van der Waals surface area contributed by atoms with Crippen LogP contribution in [0.5, 0.6) is 0 Å². The number of ether oxygens (including phenoxy) is 1. The predicted octanol–water partition coefficient (Wildman–Crippen LogP) is 6.77. The molecular formula is C30H46NO7PS. The zero-order valence-electron chi connectivity index (χ0n) is 24.2. The number of carbonyl (C=O) groups is 3. The van der Waals surface area contributed by atoms with Crippen LogP contribution in [0.3, 0.4) is 0 Å². The molecular weight excluding hydrogens is 549 g/mol. The second-order valence-electron chi connectivity index (χ2n) is 10.9. The number of aliphatic carboxylic acids is 1. The van der Waals surface area contributed by atoms with E-state index in [1.165, 1.54) is 29.7 Å². The fourth-order valence-electron chi connectivity index (χ4n) is 5.19. The molecule has 0 radical (unpaired) electrons. The van der Waals surface area contributed by atoms with Crippen molar-refractivity contribution in [2.24, 2.45) is 17.8 Å². The molecule has 3 rings (SSSR count). The summed E-state index contributed by atoms with van der Waals surface area (Å²) in [5, 5.41) is 9.57. The Morgan fingerprint density at radius 3 is 2.38 bits per heavy atom. The van der Waals surface area contributed by atoms with Crippen molar-refractivity contribution < 1.29 is 33.0 Å². The molecule has 224 valence electrons. The number of esters is 1. The van der Waals surface area contributed by atoms with E-state index in [1.54, 1.807) is 6.92 Å². The number of hydrogen-bond acceptors (Lipinski definition) is 7. The van der Waals surface area contributed by atoms with Crippen molar-refractivity contribution in [3.63, 3.8) is 0 Å². The van der Waals surface area contributed by atoms with Crippen LogP contribution in [0.4, 0.5) is 0 Å². The molecule has 1 amide bonds. The number of nitrogens with zero attached hydrogens (tertiary/aromatic N) is 1. The third-order valence-electron chi connectivity index (χ3n) is 7.49. The van der Waals surface area contributed by atoms with E-state index in [1.807, 2.05) is 19.9 Å². The van der Waals surface area contributed by atoms with Gasteiger partial charge in [0, 0.05) is 37.1 Å². The van der Waals surface area contributed by atoms with E-state index in [9.17, 15) is 24.1 Å². The molecule has 1 aliphatic carbocycles. The monoisotopic (exact) mass is 595 g/mol. The second kappa shape index (κ2) is 19.2. The first-order valence-corrected chi connectivity index (χ1v) is 16.5. The summed E-state index contributed by atoms with van der Waals surface area (Å²) in [7, 11) is 0.281. The SMILES string of the molecule is CCC(=O)O[C@H](OSCC(=O)N1C[C@H](C2CCCCC2)C[C@H]1C(=O)O)C(C)C.O=PCCCCc1ccccc1. The van der Waals surface area contributed by atoms with E-state index in [-0.39, 0.29) is 44.3 Å². The molecule has 0 bridgehead atoms. The lowest BCUT2D eigenvalue weighted by Gasteiger charge is -2.27. The average Bonchev–Trinajstić information content (AvgIpc) is 3.42. The largest absolute Gasteiger partial charge is 0.480 e. The maximum Gasteiger partial charge on any atom is 0.326 e. The van der Waals surface area contributed by atoms with Crippen LogP contribution in [-0.2, 0) is 34.3 Å². The Hall–Kier alpha value is -1.96. The van der Waals surface area contributed by atoms with Gasteiger partial charge in [0.1, 0.15) is 6.04 Å². The normalized spacial score (nSPS) is 20.1. The molecule has 3 atom stereocenters. The Bertz CT molecular complexity index is 911. The van der Waals surface area contributed by atoms with Gasteiger partial charge in [-0.15, -0.1) is 0 Å². The van der Waals surface area contributed by atoms with Crippen molar-refractivity contribution in [1.29, 1.82) is 0 Å². The molecule has 0 unspecified atom stereocenters. The van der Waals surface area contributed by atoms with Gasteiger partial charge in [-0.2, -0.15) is 0 Å². The zero-order chi connectivity index (χ0) is 29.3. The Labute approximate surface area is 245 Å². The Balaban J connectivity index is 0.000000389. The van der Waals surface area contributed by atoms with Crippen molar-refractivity contribution in [3.05, 3.63) is 35.9 Å². The van der Waals surface area contributed by atoms with E-state index >= 15 is 0 Å². The van der Waals surface area contributed by atoms with E-state index < -0.39 is 18.3 Å². The Morgan fingerprint density at radius 2 is 1.77 bits per heavy atom. The lowest BCUT2D eigenvalue weighted by atomic mass is 9.79.